The molecule has 1 saturated heterocycles. The fourth-order valence-corrected chi connectivity index (χ4v) is 5.06. The number of aliphatic hydroxyl groups is 1. The van der Waals surface area contributed by atoms with Crippen LogP contribution in [-0.2, 0) is 9.53 Å². The van der Waals surface area contributed by atoms with Gasteiger partial charge in [0.2, 0.25) is 11.9 Å². The van der Waals surface area contributed by atoms with Crippen molar-refractivity contribution in [2.75, 3.05) is 32.2 Å². The van der Waals surface area contributed by atoms with Gasteiger partial charge in [0.15, 0.2) is 0 Å². The fourth-order valence-electron chi connectivity index (χ4n) is 4.86. The van der Waals surface area contributed by atoms with Crippen molar-refractivity contribution in [1.82, 2.24) is 29.5 Å². The van der Waals surface area contributed by atoms with Gasteiger partial charge in [-0.3, -0.25) is 14.2 Å². The third kappa shape index (κ3) is 6.08. The van der Waals surface area contributed by atoms with Crippen LogP contribution < -0.4 is 20.9 Å². The summed E-state index contributed by atoms with van der Waals surface area (Å²) in [4.78, 5) is 35.5. The highest BCUT2D eigenvalue weighted by molar-refractivity contribution is 6.32. The first-order valence-electron chi connectivity index (χ1n) is 13.4. The third-order valence-electron chi connectivity index (χ3n) is 7.35. The van der Waals surface area contributed by atoms with Crippen LogP contribution in [0.15, 0.2) is 47.8 Å². The van der Waals surface area contributed by atoms with Crippen molar-refractivity contribution in [3.05, 3.63) is 69.7 Å². The quantitative estimate of drug-likeness (QED) is 0.264. The van der Waals surface area contributed by atoms with Crippen molar-refractivity contribution >= 4 is 29.0 Å². The Labute approximate surface area is 245 Å². The highest BCUT2D eigenvalue weighted by Gasteiger charge is 2.25. The molecule has 1 amide bonds. The first-order valence-corrected chi connectivity index (χ1v) is 13.8. The Morgan fingerprint density at radius 3 is 2.88 bits per heavy atom. The van der Waals surface area contributed by atoms with Crippen molar-refractivity contribution in [1.29, 1.82) is 0 Å². The summed E-state index contributed by atoms with van der Waals surface area (Å²) in [7, 11) is 1.39. The van der Waals surface area contributed by atoms with Crippen LogP contribution in [0.5, 0.6) is 5.75 Å². The molecule has 0 saturated carbocycles. The van der Waals surface area contributed by atoms with Crippen LogP contribution in [0.4, 0.5) is 10.3 Å². The number of hydrogen-bond donors (Lipinski definition) is 3. The Morgan fingerprint density at radius 2 is 2.14 bits per heavy atom. The molecule has 0 bridgehead atoms. The second-order valence-electron chi connectivity index (χ2n) is 10.2. The largest absolute Gasteiger partial charge is 0.497 e. The van der Waals surface area contributed by atoms with Crippen molar-refractivity contribution < 1.29 is 23.8 Å². The van der Waals surface area contributed by atoms with Crippen LogP contribution in [0.2, 0.25) is 5.02 Å². The molecule has 0 aliphatic carbocycles. The minimum atomic E-state index is -1.00. The van der Waals surface area contributed by atoms with Gasteiger partial charge < -0.3 is 25.2 Å². The number of ether oxygens (including phenoxy) is 2. The van der Waals surface area contributed by atoms with E-state index < -0.39 is 36.0 Å². The summed E-state index contributed by atoms with van der Waals surface area (Å²) in [6.45, 7) is 4.42. The first-order chi connectivity index (χ1) is 20.2. The molecule has 1 aliphatic heterocycles. The Balaban J connectivity index is 1.39. The molecule has 3 aromatic heterocycles. The number of halogens is 2. The average molecular weight is 600 g/mol. The number of amides is 1. The van der Waals surface area contributed by atoms with Gasteiger partial charge in [0.1, 0.15) is 29.5 Å². The second kappa shape index (κ2) is 12.4. The molecule has 0 radical (unpaired) electrons. The number of hydrogen-bond acceptors (Lipinski definition) is 9. The SMILES string of the molecule is COc1cc(F)cc([C@@H](CO)NC(=O)[C@H](C)n2cnn3cc(-c4nc(N[C@@H]5CCOC[C@H]5C)ncc4Cl)cc3c2=O)c1. The lowest BCUT2D eigenvalue weighted by molar-refractivity contribution is -0.125. The number of fused-ring (bicyclic) bond motifs is 1. The monoisotopic (exact) mass is 599 g/mol. The zero-order valence-electron chi connectivity index (χ0n) is 23.3. The van der Waals surface area contributed by atoms with Gasteiger partial charge in [0.05, 0.1) is 43.3 Å². The maximum Gasteiger partial charge on any atom is 0.278 e. The molecule has 1 aliphatic rings. The van der Waals surface area contributed by atoms with Gasteiger partial charge in [0.25, 0.3) is 5.56 Å². The second-order valence-corrected chi connectivity index (χ2v) is 10.6. The van der Waals surface area contributed by atoms with E-state index in [2.05, 4.69) is 32.6 Å². The van der Waals surface area contributed by atoms with E-state index in [9.17, 15) is 19.1 Å². The van der Waals surface area contributed by atoms with Crippen molar-refractivity contribution in [3.63, 3.8) is 0 Å². The van der Waals surface area contributed by atoms with Crippen LogP contribution in [-0.4, -0.2) is 68.1 Å². The van der Waals surface area contributed by atoms with Gasteiger partial charge in [-0.1, -0.05) is 18.5 Å². The summed E-state index contributed by atoms with van der Waals surface area (Å²) < 4.78 is 27.2. The van der Waals surface area contributed by atoms with E-state index in [1.54, 1.807) is 12.3 Å². The highest BCUT2D eigenvalue weighted by Crippen LogP contribution is 2.28. The molecule has 4 atom stereocenters. The maximum atomic E-state index is 14.0. The minimum Gasteiger partial charge on any atom is -0.497 e. The molecule has 4 heterocycles. The van der Waals surface area contributed by atoms with Crippen molar-refractivity contribution in [2.24, 2.45) is 5.92 Å². The molecule has 5 rings (SSSR count). The summed E-state index contributed by atoms with van der Waals surface area (Å²) in [6, 6.07) is 3.71. The van der Waals surface area contributed by atoms with Gasteiger partial charge in [-0.2, -0.15) is 5.10 Å². The fraction of sp³-hybridized carbons (Fsp3) is 0.393. The Kier molecular flexibility index (Phi) is 8.71. The van der Waals surface area contributed by atoms with E-state index in [1.165, 1.54) is 53.8 Å². The topological polar surface area (TPSA) is 145 Å². The lowest BCUT2D eigenvalue weighted by atomic mass is 9.98. The smallest absolute Gasteiger partial charge is 0.278 e. The first kappa shape index (κ1) is 29.4. The van der Waals surface area contributed by atoms with Crippen LogP contribution in [0, 0.1) is 11.7 Å². The molecule has 42 heavy (non-hydrogen) atoms. The van der Waals surface area contributed by atoms with Gasteiger partial charge >= 0.3 is 0 Å². The molecule has 3 N–H and O–H groups in total. The van der Waals surface area contributed by atoms with Gasteiger partial charge in [-0.05, 0) is 43.0 Å². The average Bonchev–Trinajstić information content (AvgIpc) is 3.42. The Hall–Kier alpha value is -4.07. The molecule has 12 nitrogen and oxygen atoms in total. The minimum absolute atomic E-state index is 0.149. The molecule has 1 fully saturated rings. The molecule has 14 heteroatoms. The van der Waals surface area contributed by atoms with Crippen LogP contribution in [0.1, 0.15) is 37.9 Å². The zero-order chi connectivity index (χ0) is 30.0. The number of aliphatic hydroxyl groups excluding tert-OH is 1. The van der Waals surface area contributed by atoms with E-state index in [-0.39, 0.29) is 23.2 Å². The number of anilines is 1. The molecule has 4 aromatic rings. The number of rotatable bonds is 9. The lowest BCUT2D eigenvalue weighted by Crippen LogP contribution is -2.39. The summed E-state index contributed by atoms with van der Waals surface area (Å²) in [5.74, 6) is -0.220. The standard InChI is InChI=1S/C28H31ClFN7O5/c1-15-13-42-5-4-22(15)34-28-31-10-21(29)25(35-28)18-8-24-27(40)36(14-32-37(24)11-18)16(2)26(39)33-23(12-38)17-6-19(30)9-20(7-17)41-3/h6-11,14-16,22-23,38H,4-5,12-13H2,1-3H3,(H,33,39)(H,31,34,35)/t15-,16+,22-,23-/m1/s1. The third-order valence-corrected chi connectivity index (χ3v) is 7.63. The summed E-state index contributed by atoms with van der Waals surface area (Å²) in [5, 5.41) is 20.5. The van der Waals surface area contributed by atoms with E-state index in [0.717, 1.165) is 6.42 Å². The normalized spacial score (nSPS) is 18.4. The van der Waals surface area contributed by atoms with Crippen LogP contribution >= 0.6 is 11.6 Å². The maximum absolute atomic E-state index is 14.0. The van der Waals surface area contributed by atoms with Gasteiger partial charge in [-0.15, -0.1) is 0 Å². The van der Waals surface area contributed by atoms with Gasteiger partial charge in [0, 0.05) is 30.5 Å². The summed E-state index contributed by atoms with van der Waals surface area (Å²) in [5.41, 5.74) is 1.00. The van der Waals surface area contributed by atoms with Crippen molar-refractivity contribution in [3.8, 4) is 17.0 Å². The molecular formula is C28H31ClFN7O5. The molecule has 0 unspecified atom stereocenters. The summed E-state index contributed by atoms with van der Waals surface area (Å²) >= 11 is 6.44. The van der Waals surface area contributed by atoms with Gasteiger partial charge in [-0.25, -0.2) is 18.9 Å². The zero-order valence-corrected chi connectivity index (χ0v) is 24.0. The molecule has 0 spiro atoms. The number of nitrogens with one attached hydrogen (secondary N) is 2. The highest BCUT2D eigenvalue weighted by atomic mass is 35.5. The summed E-state index contributed by atoms with van der Waals surface area (Å²) in [6.07, 6.45) is 5.20. The molecular weight excluding hydrogens is 569 g/mol. The molecule has 222 valence electrons. The number of aromatic nitrogens is 5. The Bertz CT molecular complexity index is 1660. The number of methoxy groups -OCH3 is 1. The van der Waals surface area contributed by atoms with E-state index in [1.807, 2.05) is 0 Å². The Morgan fingerprint density at radius 1 is 1.33 bits per heavy atom. The predicted octanol–water partition coefficient (Wildman–Crippen LogP) is 3.00. The van der Waals surface area contributed by atoms with E-state index in [4.69, 9.17) is 21.1 Å². The van der Waals surface area contributed by atoms with E-state index in [0.29, 0.717) is 41.0 Å². The number of benzene rings is 1. The number of nitrogens with zero attached hydrogens (tertiary/aromatic N) is 5. The van der Waals surface area contributed by atoms with Crippen molar-refractivity contribution in [2.45, 2.75) is 38.4 Å². The van der Waals surface area contributed by atoms with Crippen LogP contribution in [0.3, 0.4) is 0 Å². The molecule has 1 aromatic carbocycles. The lowest BCUT2D eigenvalue weighted by Gasteiger charge is -2.29. The van der Waals surface area contributed by atoms with E-state index >= 15 is 0 Å². The number of carbonyl (C=O) groups excluding carboxylic acids is 1. The number of carbonyl (C=O) groups is 1. The van der Waals surface area contributed by atoms with Crippen LogP contribution in [0.25, 0.3) is 16.8 Å². The predicted molar refractivity (Wildman–Crippen MR) is 153 cm³/mol.